The molecule has 1 amide bonds. The van der Waals surface area contributed by atoms with Gasteiger partial charge in [-0.2, -0.15) is 0 Å². The minimum Gasteiger partial charge on any atom is -0.467 e. The van der Waals surface area contributed by atoms with Crippen LogP contribution in [0.4, 0.5) is 0 Å². The summed E-state index contributed by atoms with van der Waals surface area (Å²) in [4.78, 5) is 13.7. The van der Waals surface area contributed by atoms with Crippen molar-refractivity contribution >= 4 is 29.1 Å². The summed E-state index contributed by atoms with van der Waals surface area (Å²) in [7, 11) is 1.69. The normalized spacial score (nSPS) is 10.4. The molecule has 0 bridgehead atoms. The van der Waals surface area contributed by atoms with Crippen molar-refractivity contribution in [3.63, 3.8) is 0 Å². The van der Waals surface area contributed by atoms with Gasteiger partial charge in [0.05, 0.1) is 23.4 Å². The fourth-order valence-electron chi connectivity index (χ4n) is 1.58. The number of furan rings is 1. The van der Waals surface area contributed by atoms with E-state index in [4.69, 9.17) is 27.6 Å². The largest absolute Gasteiger partial charge is 0.467 e. The van der Waals surface area contributed by atoms with Gasteiger partial charge in [0.1, 0.15) is 5.76 Å². The number of hydrogen-bond donors (Lipinski definition) is 0. The highest BCUT2D eigenvalue weighted by Crippen LogP contribution is 2.22. The Kier molecular flexibility index (Phi) is 3.94. The number of carbonyl (C=O) groups is 1. The number of halogens is 2. The van der Waals surface area contributed by atoms with Crippen LogP contribution in [0.3, 0.4) is 0 Å². The number of benzene rings is 1. The third kappa shape index (κ3) is 2.86. The molecular formula is C13H11Cl2NO2. The SMILES string of the molecule is CN(Cc1ccco1)C(=O)c1ccc(Cl)cc1Cl. The van der Waals surface area contributed by atoms with E-state index in [1.165, 1.54) is 4.90 Å². The summed E-state index contributed by atoms with van der Waals surface area (Å²) in [6.45, 7) is 0.394. The first-order valence-corrected chi connectivity index (χ1v) is 6.06. The summed E-state index contributed by atoms with van der Waals surface area (Å²) < 4.78 is 5.19. The van der Waals surface area contributed by atoms with E-state index in [2.05, 4.69) is 0 Å². The molecule has 18 heavy (non-hydrogen) atoms. The monoisotopic (exact) mass is 283 g/mol. The van der Waals surface area contributed by atoms with Crippen LogP contribution in [0.25, 0.3) is 0 Å². The minimum absolute atomic E-state index is 0.173. The van der Waals surface area contributed by atoms with Crippen LogP contribution in [-0.4, -0.2) is 17.9 Å². The van der Waals surface area contributed by atoms with Crippen LogP contribution in [0, 0.1) is 0 Å². The quantitative estimate of drug-likeness (QED) is 0.857. The van der Waals surface area contributed by atoms with Crippen molar-refractivity contribution in [1.82, 2.24) is 4.90 Å². The molecule has 0 saturated carbocycles. The number of amides is 1. The lowest BCUT2D eigenvalue weighted by atomic mass is 10.2. The zero-order chi connectivity index (χ0) is 13.1. The third-order valence-corrected chi connectivity index (χ3v) is 3.03. The summed E-state index contributed by atoms with van der Waals surface area (Å²) in [5.74, 6) is 0.545. The molecule has 0 fully saturated rings. The van der Waals surface area contributed by atoms with Gasteiger partial charge in [-0.15, -0.1) is 0 Å². The van der Waals surface area contributed by atoms with E-state index in [1.807, 2.05) is 6.07 Å². The second-order valence-corrected chi connectivity index (χ2v) is 4.71. The molecule has 1 aromatic heterocycles. The molecule has 2 aromatic rings. The van der Waals surface area contributed by atoms with Crippen LogP contribution in [0.5, 0.6) is 0 Å². The van der Waals surface area contributed by atoms with Gasteiger partial charge in [-0.05, 0) is 30.3 Å². The van der Waals surface area contributed by atoms with Crippen molar-refractivity contribution in [2.24, 2.45) is 0 Å². The molecule has 1 heterocycles. The first kappa shape index (κ1) is 13.0. The lowest BCUT2D eigenvalue weighted by Crippen LogP contribution is -2.26. The Bertz CT molecular complexity index is 552. The Hall–Kier alpha value is -1.45. The highest BCUT2D eigenvalue weighted by molar-refractivity contribution is 6.36. The second kappa shape index (κ2) is 5.46. The predicted octanol–water partition coefficient (Wildman–Crippen LogP) is 3.86. The summed E-state index contributed by atoms with van der Waals surface area (Å²) >= 11 is 11.8. The Morgan fingerprint density at radius 1 is 1.33 bits per heavy atom. The van der Waals surface area contributed by atoms with E-state index in [9.17, 15) is 4.79 Å². The van der Waals surface area contributed by atoms with Crippen LogP contribution >= 0.6 is 23.2 Å². The molecule has 94 valence electrons. The average molecular weight is 284 g/mol. The van der Waals surface area contributed by atoms with Gasteiger partial charge in [-0.1, -0.05) is 23.2 Å². The Labute approximate surface area is 115 Å². The summed E-state index contributed by atoms with van der Waals surface area (Å²) in [5, 5.41) is 0.851. The standard InChI is InChI=1S/C13H11Cl2NO2/c1-16(8-10-3-2-6-18-10)13(17)11-5-4-9(14)7-12(11)15/h2-7H,8H2,1H3. The number of hydrogen-bond acceptors (Lipinski definition) is 2. The van der Waals surface area contributed by atoms with Crippen LogP contribution in [-0.2, 0) is 6.54 Å². The van der Waals surface area contributed by atoms with Crippen molar-refractivity contribution in [3.8, 4) is 0 Å². The lowest BCUT2D eigenvalue weighted by molar-refractivity contribution is 0.0775. The molecule has 2 rings (SSSR count). The van der Waals surface area contributed by atoms with Gasteiger partial charge in [0.25, 0.3) is 5.91 Å². The third-order valence-electron chi connectivity index (χ3n) is 2.48. The van der Waals surface area contributed by atoms with E-state index in [0.29, 0.717) is 22.2 Å². The molecule has 0 aliphatic rings. The molecule has 0 atom stereocenters. The topological polar surface area (TPSA) is 33.5 Å². The smallest absolute Gasteiger partial charge is 0.255 e. The Morgan fingerprint density at radius 3 is 2.72 bits per heavy atom. The Morgan fingerprint density at radius 2 is 2.11 bits per heavy atom. The summed E-state index contributed by atoms with van der Waals surface area (Å²) in [6.07, 6.45) is 1.57. The van der Waals surface area contributed by atoms with Gasteiger partial charge in [0.15, 0.2) is 0 Å². The van der Waals surface area contributed by atoms with Crippen molar-refractivity contribution < 1.29 is 9.21 Å². The first-order valence-electron chi connectivity index (χ1n) is 5.31. The summed E-state index contributed by atoms with van der Waals surface area (Å²) in [6, 6.07) is 8.40. The fourth-order valence-corrected chi connectivity index (χ4v) is 2.07. The molecule has 0 spiro atoms. The van der Waals surface area contributed by atoms with Gasteiger partial charge < -0.3 is 9.32 Å². The maximum absolute atomic E-state index is 12.2. The van der Waals surface area contributed by atoms with Crippen LogP contribution < -0.4 is 0 Å². The number of nitrogens with zero attached hydrogens (tertiary/aromatic N) is 1. The molecule has 3 nitrogen and oxygen atoms in total. The molecule has 0 radical (unpaired) electrons. The number of rotatable bonds is 3. The van der Waals surface area contributed by atoms with Crippen molar-refractivity contribution in [2.75, 3.05) is 7.05 Å². The molecule has 0 aliphatic heterocycles. The van der Waals surface area contributed by atoms with E-state index in [0.717, 1.165) is 5.76 Å². The maximum atomic E-state index is 12.2. The lowest BCUT2D eigenvalue weighted by Gasteiger charge is -2.16. The molecule has 1 aromatic carbocycles. The predicted molar refractivity (Wildman–Crippen MR) is 71.0 cm³/mol. The van der Waals surface area contributed by atoms with Gasteiger partial charge >= 0.3 is 0 Å². The molecule has 0 N–H and O–H groups in total. The van der Waals surface area contributed by atoms with E-state index < -0.39 is 0 Å². The van der Waals surface area contributed by atoms with Gasteiger partial charge in [0.2, 0.25) is 0 Å². The Balaban J connectivity index is 2.15. The van der Waals surface area contributed by atoms with Crippen molar-refractivity contribution in [1.29, 1.82) is 0 Å². The summed E-state index contributed by atoms with van der Waals surface area (Å²) in [5.41, 5.74) is 0.426. The van der Waals surface area contributed by atoms with Crippen molar-refractivity contribution in [2.45, 2.75) is 6.54 Å². The van der Waals surface area contributed by atoms with Crippen LogP contribution in [0.15, 0.2) is 41.0 Å². The maximum Gasteiger partial charge on any atom is 0.255 e. The van der Waals surface area contributed by atoms with E-state index >= 15 is 0 Å². The van der Waals surface area contributed by atoms with Crippen LogP contribution in [0.2, 0.25) is 10.0 Å². The molecule has 0 aliphatic carbocycles. The van der Waals surface area contributed by atoms with Crippen LogP contribution in [0.1, 0.15) is 16.1 Å². The van der Waals surface area contributed by atoms with Crippen molar-refractivity contribution in [3.05, 3.63) is 58.0 Å². The molecular weight excluding hydrogens is 273 g/mol. The van der Waals surface area contributed by atoms with E-state index in [-0.39, 0.29) is 5.91 Å². The average Bonchev–Trinajstić information content (AvgIpc) is 2.81. The molecule has 0 unspecified atom stereocenters. The second-order valence-electron chi connectivity index (χ2n) is 3.86. The fraction of sp³-hybridized carbons (Fsp3) is 0.154. The number of carbonyl (C=O) groups excluding carboxylic acids is 1. The minimum atomic E-state index is -0.173. The highest BCUT2D eigenvalue weighted by atomic mass is 35.5. The first-order chi connectivity index (χ1) is 8.58. The zero-order valence-corrected chi connectivity index (χ0v) is 11.2. The molecule has 5 heteroatoms. The zero-order valence-electron chi connectivity index (χ0n) is 9.69. The van der Waals surface area contributed by atoms with Gasteiger partial charge in [-0.25, -0.2) is 0 Å². The van der Waals surface area contributed by atoms with Gasteiger partial charge in [0, 0.05) is 12.1 Å². The highest BCUT2D eigenvalue weighted by Gasteiger charge is 2.16. The molecule has 0 saturated heterocycles. The van der Waals surface area contributed by atoms with Gasteiger partial charge in [-0.3, -0.25) is 4.79 Å². The van der Waals surface area contributed by atoms with E-state index in [1.54, 1.807) is 37.6 Å².